The molecule has 4 heteroatoms. The lowest BCUT2D eigenvalue weighted by Gasteiger charge is -2.12. The molecule has 0 atom stereocenters. The third-order valence-electron chi connectivity index (χ3n) is 5.12. The van der Waals surface area contributed by atoms with Gasteiger partial charge in [-0.25, -0.2) is 0 Å². The van der Waals surface area contributed by atoms with Crippen molar-refractivity contribution in [3.05, 3.63) is 88.2 Å². The minimum Gasteiger partial charge on any atom is -0.338 e. The minimum absolute atomic E-state index is 0. The van der Waals surface area contributed by atoms with Crippen LogP contribution in [0.3, 0.4) is 0 Å². The first kappa shape index (κ1) is 19.5. The van der Waals surface area contributed by atoms with E-state index in [-0.39, 0.29) is 12.4 Å². The molecule has 0 aliphatic carbocycles. The Labute approximate surface area is 171 Å². The number of nitrogens with zero attached hydrogens (tertiary/aromatic N) is 2. The van der Waals surface area contributed by atoms with Gasteiger partial charge in [0, 0.05) is 34.4 Å². The Morgan fingerprint density at radius 1 is 0.889 bits per heavy atom. The molecule has 2 heterocycles. The number of hydrogen-bond acceptors (Lipinski definition) is 1. The molecule has 0 spiro atoms. The number of aromatic nitrogens is 2. The lowest BCUT2D eigenvalue weighted by atomic mass is 10.1. The number of fused-ring (bicyclic) bond motifs is 1. The molecule has 2 aromatic heterocycles. The van der Waals surface area contributed by atoms with Crippen molar-refractivity contribution >= 4 is 34.9 Å². The van der Waals surface area contributed by atoms with E-state index in [1.807, 2.05) is 30.5 Å². The second-order valence-corrected chi connectivity index (χ2v) is 7.28. The van der Waals surface area contributed by atoms with Gasteiger partial charge in [0.1, 0.15) is 0 Å². The first-order valence-electron chi connectivity index (χ1n) is 8.80. The Balaban J connectivity index is 0.00000210. The van der Waals surface area contributed by atoms with Gasteiger partial charge in [-0.1, -0.05) is 53.6 Å². The van der Waals surface area contributed by atoms with Crippen LogP contribution in [0.1, 0.15) is 22.4 Å². The zero-order valence-electron chi connectivity index (χ0n) is 15.7. The minimum atomic E-state index is 0. The summed E-state index contributed by atoms with van der Waals surface area (Å²) in [5.74, 6) is 0. The maximum Gasteiger partial charge on any atom is 0.0945 e. The largest absolute Gasteiger partial charge is 0.338 e. The molecule has 0 saturated heterocycles. The van der Waals surface area contributed by atoms with Crippen molar-refractivity contribution in [3.63, 3.8) is 0 Å². The van der Waals surface area contributed by atoms with Gasteiger partial charge < -0.3 is 4.57 Å². The van der Waals surface area contributed by atoms with E-state index in [1.54, 1.807) is 0 Å². The normalized spacial score (nSPS) is 10.8. The highest BCUT2D eigenvalue weighted by Crippen LogP contribution is 2.33. The van der Waals surface area contributed by atoms with Crippen LogP contribution in [0.2, 0.25) is 5.02 Å². The van der Waals surface area contributed by atoms with E-state index in [4.69, 9.17) is 16.6 Å². The molecule has 0 aliphatic rings. The van der Waals surface area contributed by atoms with Crippen LogP contribution in [0.25, 0.3) is 22.2 Å². The van der Waals surface area contributed by atoms with Gasteiger partial charge in [-0.3, -0.25) is 4.98 Å². The van der Waals surface area contributed by atoms with E-state index in [0.717, 1.165) is 22.8 Å². The summed E-state index contributed by atoms with van der Waals surface area (Å²) < 4.78 is 2.38. The average Bonchev–Trinajstić information content (AvgIpc) is 2.89. The molecule has 138 valence electrons. The molecule has 0 saturated carbocycles. The lowest BCUT2D eigenvalue weighted by molar-refractivity contribution is 0.800. The summed E-state index contributed by atoms with van der Waals surface area (Å²) in [6.07, 6.45) is 1.90. The fraction of sp³-hybridized carbons (Fsp3) is 0.174. The highest BCUT2D eigenvalue weighted by Gasteiger charge is 2.16. The van der Waals surface area contributed by atoms with Crippen LogP contribution in [0.5, 0.6) is 0 Å². The molecule has 0 N–H and O–H groups in total. The van der Waals surface area contributed by atoms with Crippen molar-refractivity contribution in [2.75, 3.05) is 0 Å². The predicted molar refractivity (Wildman–Crippen MR) is 117 cm³/mol. The Bertz CT molecular complexity index is 1080. The van der Waals surface area contributed by atoms with Gasteiger partial charge in [0.2, 0.25) is 0 Å². The molecule has 4 rings (SSSR count). The van der Waals surface area contributed by atoms with Gasteiger partial charge in [0.25, 0.3) is 0 Å². The summed E-state index contributed by atoms with van der Waals surface area (Å²) in [5, 5.41) is 2.00. The van der Waals surface area contributed by atoms with E-state index in [0.29, 0.717) is 0 Å². The summed E-state index contributed by atoms with van der Waals surface area (Å²) in [5.41, 5.74) is 8.44. The fourth-order valence-corrected chi connectivity index (χ4v) is 3.61. The molecule has 4 aromatic rings. The molecule has 27 heavy (non-hydrogen) atoms. The predicted octanol–water partition coefficient (Wildman–Crippen LogP) is 6.75. The molecular weight excluding hydrogens is 375 g/mol. The first-order chi connectivity index (χ1) is 12.5. The van der Waals surface area contributed by atoms with Gasteiger partial charge in [-0.15, -0.1) is 12.4 Å². The van der Waals surface area contributed by atoms with Gasteiger partial charge >= 0.3 is 0 Å². The monoisotopic (exact) mass is 396 g/mol. The van der Waals surface area contributed by atoms with E-state index in [1.165, 1.54) is 33.3 Å². The van der Waals surface area contributed by atoms with Crippen molar-refractivity contribution in [1.29, 1.82) is 0 Å². The first-order valence-corrected chi connectivity index (χ1v) is 9.18. The van der Waals surface area contributed by atoms with Crippen molar-refractivity contribution in [1.82, 2.24) is 9.55 Å². The third-order valence-corrected chi connectivity index (χ3v) is 5.38. The highest BCUT2D eigenvalue weighted by atomic mass is 35.5. The molecule has 2 nitrogen and oxygen atoms in total. The van der Waals surface area contributed by atoms with E-state index < -0.39 is 0 Å². The highest BCUT2D eigenvalue weighted by molar-refractivity contribution is 6.30. The molecular formula is C23H22Cl2N2. The Kier molecular flexibility index (Phi) is 5.59. The number of rotatable bonds is 3. The molecule has 0 aliphatic heterocycles. The molecule has 0 bridgehead atoms. The Morgan fingerprint density at radius 2 is 1.56 bits per heavy atom. The summed E-state index contributed by atoms with van der Waals surface area (Å²) >= 11 is 6.07. The van der Waals surface area contributed by atoms with Crippen LogP contribution >= 0.6 is 24.0 Å². The number of hydrogen-bond donors (Lipinski definition) is 0. The third kappa shape index (κ3) is 3.60. The lowest BCUT2D eigenvalue weighted by Crippen LogP contribution is -2.03. The van der Waals surface area contributed by atoms with Crippen LogP contribution in [-0.2, 0) is 6.54 Å². The molecule has 2 aromatic carbocycles. The second kappa shape index (κ2) is 7.75. The maximum atomic E-state index is 6.07. The topological polar surface area (TPSA) is 17.8 Å². The second-order valence-electron chi connectivity index (χ2n) is 6.84. The summed E-state index contributed by atoms with van der Waals surface area (Å²) in [6, 6.07) is 18.8. The molecule has 0 amide bonds. The summed E-state index contributed by atoms with van der Waals surface area (Å²) in [6.45, 7) is 7.33. The van der Waals surface area contributed by atoms with Gasteiger partial charge in [-0.05, 0) is 50.1 Å². The van der Waals surface area contributed by atoms with E-state index in [9.17, 15) is 0 Å². The zero-order valence-corrected chi connectivity index (χ0v) is 17.2. The van der Waals surface area contributed by atoms with E-state index in [2.05, 4.69) is 55.7 Å². The number of halogens is 2. The number of pyridine rings is 1. The van der Waals surface area contributed by atoms with Crippen LogP contribution in [0.15, 0.2) is 60.8 Å². The number of aryl methyl sites for hydroxylation is 2. The van der Waals surface area contributed by atoms with E-state index >= 15 is 0 Å². The van der Waals surface area contributed by atoms with Gasteiger partial charge in [0.15, 0.2) is 0 Å². The van der Waals surface area contributed by atoms with Crippen LogP contribution in [0, 0.1) is 20.8 Å². The average molecular weight is 397 g/mol. The number of benzene rings is 2. The maximum absolute atomic E-state index is 6.07. The molecule has 0 radical (unpaired) electrons. The zero-order chi connectivity index (χ0) is 18.3. The Morgan fingerprint density at radius 3 is 2.22 bits per heavy atom. The SMILES string of the molecule is Cc1ccc(Cn2c(C)c(C)c3ccnc(-c4ccc(Cl)cc4)c32)cc1.Cl. The van der Waals surface area contributed by atoms with Crippen molar-refractivity contribution < 1.29 is 0 Å². The van der Waals surface area contributed by atoms with Crippen LogP contribution in [-0.4, -0.2) is 9.55 Å². The Hall–Kier alpha value is -2.29. The molecule has 0 fully saturated rings. The van der Waals surface area contributed by atoms with Gasteiger partial charge in [-0.2, -0.15) is 0 Å². The van der Waals surface area contributed by atoms with Crippen LogP contribution < -0.4 is 0 Å². The van der Waals surface area contributed by atoms with Crippen molar-refractivity contribution in [2.45, 2.75) is 27.3 Å². The fourth-order valence-electron chi connectivity index (χ4n) is 3.49. The summed E-state index contributed by atoms with van der Waals surface area (Å²) in [4.78, 5) is 4.71. The standard InChI is InChI=1S/C23H21ClN2.ClH/c1-15-4-6-18(7-5-15)14-26-17(3)16(2)21-12-13-25-22(23(21)26)19-8-10-20(24)11-9-19;/h4-13H,14H2,1-3H3;1H. The smallest absolute Gasteiger partial charge is 0.0945 e. The quantitative estimate of drug-likeness (QED) is 0.374. The van der Waals surface area contributed by atoms with Crippen molar-refractivity contribution in [2.24, 2.45) is 0 Å². The summed E-state index contributed by atoms with van der Waals surface area (Å²) in [7, 11) is 0. The van der Waals surface area contributed by atoms with Crippen molar-refractivity contribution in [3.8, 4) is 11.3 Å². The van der Waals surface area contributed by atoms with Gasteiger partial charge in [0.05, 0.1) is 11.2 Å². The molecule has 0 unspecified atom stereocenters. The van der Waals surface area contributed by atoms with Crippen LogP contribution in [0.4, 0.5) is 0 Å².